The number of hydrogen-bond acceptors (Lipinski definition) is 4. The fraction of sp³-hybridized carbons (Fsp3) is 1.00. The van der Waals surface area contributed by atoms with E-state index in [1.807, 2.05) is 0 Å². The summed E-state index contributed by atoms with van der Waals surface area (Å²) in [5.41, 5.74) is 0. The summed E-state index contributed by atoms with van der Waals surface area (Å²) in [6, 6.07) is 1.62. The molecule has 0 aromatic heterocycles. The van der Waals surface area contributed by atoms with E-state index in [0.717, 1.165) is 51.9 Å². The Morgan fingerprint density at radius 1 is 1.35 bits per heavy atom. The maximum Gasteiger partial charge on any atom is 0.0620 e. The summed E-state index contributed by atoms with van der Waals surface area (Å²) in [6.07, 6.45) is 5.20. The topological polar surface area (TPSA) is 53.5 Å². The molecule has 0 amide bonds. The molecule has 1 heterocycles. The van der Waals surface area contributed by atoms with Crippen LogP contribution in [0, 0.1) is 0 Å². The zero-order valence-corrected chi connectivity index (χ0v) is 10.8. The van der Waals surface area contributed by atoms with E-state index in [2.05, 4.69) is 17.6 Å². The average Bonchev–Trinajstić information content (AvgIpc) is 2.33. The lowest BCUT2D eigenvalue weighted by Crippen LogP contribution is -2.47. The van der Waals surface area contributed by atoms with Crippen LogP contribution in [-0.2, 0) is 4.74 Å². The minimum atomic E-state index is -0.0585. The number of rotatable bonds is 4. The van der Waals surface area contributed by atoms with E-state index >= 15 is 0 Å². The second-order valence-electron chi connectivity index (χ2n) is 5.53. The number of morpholine rings is 1. The van der Waals surface area contributed by atoms with Crippen molar-refractivity contribution in [1.29, 1.82) is 0 Å². The standard InChI is InChI=1S/C13H26N2O2/c1-10(8-12-9-17-7-6-14-12)15-11-2-4-13(16)5-3-11/h10-16H,2-9H2,1H3. The predicted molar refractivity (Wildman–Crippen MR) is 68.1 cm³/mol. The summed E-state index contributed by atoms with van der Waals surface area (Å²) < 4.78 is 5.46. The number of aliphatic hydroxyl groups is 1. The summed E-state index contributed by atoms with van der Waals surface area (Å²) in [5, 5.41) is 16.6. The Morgan fingerprint density at radius 2 is 2.12 bits per heavy atom. The highest BCUT2D eigenvalue weighted by Crippen LogP contribution is 2.19. The van der Waals surface area contributed by atoms with Crippen LogP contribution in [0.1, 0.15) is 39.0 Å². The molecule has 0 aromatic carbocycles. The van der Waals surface area contributed by atoms with E-state index in [1.54, 1.807) is 0 Å². The van der Waals surface area contributed by atoms with Gasteiger partial charge in [0, 0.05) is 24.7 Å². The zero-order valence-electron chi connectivity index (χ0n) is 10.8. The summed E-state index contributed by atoms with van der Waals surface area (Å²) in [7, 11) is 0. The molecule has 0 radical (unpaired) electrons. The maximum atomic E-state index is 9.47. The Kier molecular flexibility index (Phi) is 5.22. The lowest BCUT2D eigenvalue weighted by molar-refractivity contribution is 0.0693. The first-order valence-electron chi connectivity index (χ1n) is 6.99. The van der Waals surface area contributed by atoms with Crippen molar-refractivity contribution in [3.05, 3.63) is 0 Å². The van der Waals surface area contributed by atoms with Crippen molar-refractivity contribution in [3.63, 3.8) is 0 Å². The third kappa shape index (κ3) is 4.54. The van der Waals surface area contributed by atoms with Gasteiger partial charge in [0.2, 0.25) is 0 Å². The molecule has 0 aromatic rings. The molecule has 1 saturated heterocycles. The van der Waals surface area contributed by atoms with Crippen LogP contribution >= 0.6 is 0 Å². The Labute approximate surface area is 104 Å². The molecule has 2 aliphatic rings. The molecule has 1 aliphatic heterocycles. The van der Waals surface area contributed by atoms with Gasteiger partial charge in [0.1, 0.15) is 0 Å². The Balaban J connectivity index is 1.64. The van der Waals surface area contributed by atoms with Crippen LogP contribution in [0.25, 0.3) is 0 Å². The first kappa shape index (κ1) is 13.3. The number of ether oxygens (including phenoxy) is 1. The predicted octanol–water partition coefficient (Wildman–Crippen LogP) is 0.646. The van der Waals surface area contributed by atoms with Crippen LogP contribution in [-0.4, -0.2) is 49.1 Å². The fourth-order valence-electron chi connectivity index (χ4n) is 2.91. The lowest BCUT2D eigenvalue weighted by atomic mass is 9.92. The van der Waals surface area contributed by atoms with Crippen LogP contribution in [0.5, 0.6) is 0 Å². The second kappa shape index (κ2) is 6.69. The van der Waals surface area contributed by atoms with E-state index < -0.39 is 0 Å². The summed E-state index contributed by atoms with van der Waals surface area (Å²) in [6.45, 7) is 4.92. The van der Waals surface area contributed by atoms with E-state index in [9.17, 15) is 5.11 Å². The third-order valence-electron chi connectivity index (χ3n) is 3.85. The van der Waals surface area contributed by atoms with Gasteiger partial charge < -0.3 is 20.5 Å². The van der Waals surface area contributed by atoms with Crippen LogP contribution in [0.15, 0.2) is 0 Å². The Bertz CT molecular complexity index is 211. The number of aliphatic hydroxyl groups excluding tert-OH is 1. The van der Waals surface area contributed by atoms with E-state index in [1.165, 1.54) is 0 Å². The molecule has 100 valence electrons. The number of nitrogens with one attached hydrogen (secondary N) is 2. The fourth-order valence-corrected chi connectivity index (χ4v) is 2.91. The van der Waals surface area contributed by atoms with Crippen molar-refractivity contribution >= 4 is 0 Å². The molecule has 2 fully saturated rings. The number of hydrogen-bond donors (Lipinski definition) is 3. The van der Waals surface area contributed by atoms with Crippen LogP contribution < -0.4 is 10.6 Å². The molecule has 4 nitrogen and oxygen atoms in total. The summed E-state index contributed by atoms with van der Waals surface area (Å²) >= 11 is 0. The third-order valence-corrected chi connectivity index (χ3v) is 3.85. The normalized spacial score (nSPS) is 36.7. The molecule has 0 spiro atoms. The van der Waals surface area contributed by atoms with Crippen LogP contribution in [0.2, 0.25) is 0 Å². The van der Waals surface area contributed by atoms with E-state index in [0.29, 0.717) is 18.1 Å². The van der Waals surface area contributed by atoms with Crippen molar-refractivity contribution in [1.82, 2.24) is 10.6 Å². The van der Waals surface area contributed by atoms with Gasteiger partial charge in [-0.2, -0.15) is 0 Å². The highest BCUT2D eigenvalue weighted by Gasteiger charge is 2.22. The van der Waals surface area contributed by atoms with Gasteiger partial charge in [0.25, 0.3) is 0 Å². The van der Waals surface area contributed by atoms with E-state index in [-0.39, 0.29) is 6.10 Å². The molecule has 0 bridgehead atoms. The largest absolute Gasteiger partial charge is 0.393 e. The molecule has 1 aliphatic carbocycles. The van der Waals surface area contributed by atoms with Crippen molar-refractivity contribution in [2.75, 3.05) is 19.8 Å². The van der Waals surface area contributed by atoms with Gasteiger partial charge in [-0.3, -0.25) is 0 Å². The van der Waals surface area contributed by atoms with Gasteiger partial charge in [-0.05, 0) is 39.0 Å². The molecule has 2 unspecified atom stereocenters. The summed E-state index contributed by atoms with van der Waals surface area (Å²) in [5.74, 6) is 0. The SMILES string of the molecule is CC(CC1COCCN1)NC1CCC(O)CC1. The van der Waals surface area contributed by atoms with Gasteiger partial charge >= 0.3 is 0 Å². The molecule has 1 saturated carbocycles. The molecular weight excluding hydrogens is 216 g/mol. The Hall–Kier alpha value is -0.160. The molecule has 3 N–H and O–H groups in total. The average molecular weight is 242 g/mol. The highest BCUT2D eigenvalue weighted by molar-refractivity contribution is 4.82. The van der Waals surface area contributed by atoms with Gasteiger partial charge in [-0.25, -0.2) is 0 Å². The molecule has 2 atom stereocenters. The van der Waals surface area contributed by atoms with Crippen molar-refractivity contribution in [3.8, 4) is 0 Å². The zero-order chi connectivity index (χ0) is 12.1. The Morgan fingerprint density at radius 3 is 2.76 bits per heavy atom. The van der Waals surface area contributed by atoms with Crippen molar-refractivity contribution in [2.24, 2.45) is 0 Å². The van der Waals surface area contributed by atoms with Gasteiger partial charge in [-0.1, -0.05) is 0 Å². The van der Waals surface area contributed by atoms with Crippen LogP contribution in [0.3, 0.4) is 0 Å². The minimum absolute atomic E-state index is 0.0585. The second-order valence-corrected chi connectivity index (χ2v) is 5.53. The molecule has 4 heteroatoms. The van der Waals surface area contributed by atoms with Crippen molar-refractivity contribution in [2.45, 2.75) is 63.3 Å². The first-order valence-corrected chi connectivity index (χ1v) is 6.99. The first-order chi connectivity index (χ1) is 8.24. The minimum Gasteiger partial charge on any atom is -0.393 e. The highest BCUT2D eigenvalue weighted by atomic mass is 16.5. The van der Waals surface area contributed by atoms with Crippen LogP contribution in [0.4, 0.5) is 0 Å². The maximum absolute atomic E-state index is 9.47. The quantitative estimate of drug-likeness (QED) is 0.677. The van der Waals surface area contributed by atoms with E-state index in [4.69, 9.17) is 4.74 Å². The van der Waals surface area contributed by atoms with Gasteiger partial charge in [0.15, 0.2) is 0 Å². The smallest absolute Gasteiger partial charge is 0.0620 e. The lowest BCUT2D eigenvalue weighted by Gasteiger charge is -2.31. The van der Waals surface area contributed by atoms with Gasteiger partial charge in [0.05, 0.1) is 19.3 Å². The summed E-state index contributed by atoms with van der Waals surface area (Å²) in [4.78, 5) is 0. The van der Waals surface area contributed by atoms with Crippen molar-refractivity contribution < 1.29 is 9.84 Å². The molecule has 2 rings (SSSR count). The monoisotopic (exact) mass is 242 g/mol. The molecular formula is C13H26N2O2. The molecule has 17 heavy (non-hydrogen) atoms. The van der Waals surface area contributed by atoms with Gasteiger partial charge in [-0.15, -0.1) is 0 Å².